The Labute approximate surface area is 102 Å². The number of carbonyl (C=O) groups is 2. The molecule has 1 atom stereocenters. The van der Waals surface area contributed by atoms with Crippen LogP contribution in [0.25, 0.3) is 0 Å². The highest BCUT2D eigenvalue weighted by Gasteiger charge is 2.23. The molecule has 5 nitrogen and oxygen atoms in total. The van der Waals surface area contributed by atoms with Crippen LogP contribution in [0.1, 0.15) is 32.6 Å². The van der Waals surface area contributed by atoms with Gasteiger partial charge in [-0.25, -0.2) is 0 Å². The quantitative estimate of drug-likeness (QED) is 0.696. The van der Waals surface area contributed by atoms with Crippen LogP contribution >= 0.6 is 0 Å². The SMILES string of the molecule is COCCNC(=O)C(C)OC1CCC(=O)CC1. The standard InChI is InChI=1S/C12H21NO4/c1-9(12(15)13-7-8-16-2)17-11-5-3-10(14)4-6-11/h9,11H,3-8H2,1-2H3,(H,13,15). The third kappa shape index (κ3) is 5.28. The van der Waals surface area contributed by atoms with E-state index in [0.29, 0.717) is 31.8 Å². The molecule has 1 fully saturated rings. The van der Waals surface area contributed by atoms with E-state index in [2.05, 4.69) is 5.32 Å². The van der Waals surface area contributed by atoms with E-state index < -0.39 is 6.10 Å². The number of amides is 1. The molecule has 0 spiro atoms. The first-order valence-corrected chi connectivity index (χ1v) is 6.07. The second-order valence-corrected chi connectivity index (χ2v) is 4.30. The van der Waals surface area contributed by atoms with Crippen LogP contribution in [-0.4, -0.2) is 44.2 Å². The molecule has 1 N–H and O–H groups in total. The molecule has 5 heteroatoms. The van der Waals surface area contributed by atoms with Crippen molar-refractivity contribution in [1.29, 1.82) is 0 Å². The predicted molar refractivity (Wildman–Crippen MR) is 62.7 cm³/mol. The van der Waals surface area contributed by atoms with Crippen LogP contribution in [-0.2, 0) is 19.1 Å². The Hall–Kier alpha value is -0.940. The topological polar surface area (TPSA) is 64.6 Å². The first-order chi connectivity index (χ1) is 8.13. The maximum absolute atomic E-state index is 11.6. The van der Waals surface area contributed by atoms with Crippen molar-refractivity contribution in [3.05, 3.63) is 0 Å². The van der Waals surface area contributed by atoms with Crippen LogP contribution in [0, 0.1) is 0 Å². The monoisotopic (exact) mass is 243 g/mol. The summed E-state index contributed by atoms with van der Waals surface area (Å²) in [4.78, 5) is 22.7. The van der Waals surface area contributed by atoms with Gasteiger partial charge in [0.15, 0.2) is 0 Å². The first-order valence-electron chi connectivity index (χ1n) is 6.07. The van der Waals surface area contributed by atoms with E-state index in [-0.39, 0.29) is 12.0 Å². The van der Waals surface area contributed by atoms with Crippen molar-refractivity contribution in [3.8, 4) is 0 Å². The fraction of sp³-hybridized carbons (Fsp3) is 0.833. The largest absolute Gasteiger partial charge is 0.383 e. The number of nitrogens with one attached hydrogen (secondary N) is 1. The van der Waals surface area contributed by atoms with Crippen molar-refractivity contribution in [3.63, 3.8) is 0 Å². The summed E-state index contributed by atoms with van der Waals surface area (Å²) >= 11 is 0. The lowest BCUT2D eigenvalue weighted by Gasteiger charge is -2.24. The Morgan fingerprint density at radius 1 is 1.47 bits per heavy atom. The van der Waals surface area contributed by atoms with Gasteiger partial charge in [-0.2, -0.15) is 0 Å². The zero-order chi connectivity index (χ0) is 12.7. The molecule has 0 saturated heterocycles. The zero-order valence-corrected chi connectivity index (χ0v) is 10.5. The highest BCUT2D eigenvalue weighted by molar-refractivity contribution is 5.80. The number of hydrogen-bond donors (Lipinski definition) is 1. The number of rotatable bonds is 6. The number of Topliss-reactive ketones (excluding diaryl/α,β-unsaturated/α-hetero) is 1. The lowest BCUT2D eigenvalue weighted by atomic mass is 9.96. The van der Waals surface area contributed by atoms with Crippen LogP contribution < -0.4 is 5.32 Å². The van der Waals surface area contributed by atoms with Crippen LogP contribution in [0.4, 0.5) is 0 Å². The molecule has 1 aliphatic rings. The Kier molecular flexibility index (Phi) is 6.15. The summed E-state index contributed by atoms with van der Waals surface area (Å²) in [6.07, 6.45) is 2.18. The van der Waals surface area contributed by atoms with E-state index in [9.17, 15) is 9.59 Å². The summed E-state index contributed by atoms with van der Waals surface area (Å²) in [5, 5.41) is 2.73. The summed E-state index contributed by atoms with van der Waals surface area (Å²) in [6.45, 7) is 2.72. The molecule has 0 aliphatic heterocycles. The summed E-state index contributed by atoms with van der Waals surface area (Å²) in [7, 11) is 1.59. The second-order valence-electron chi connectivity index (χ2n) is 4.30. The van der Waals surface area contributed by atoms with Gasteiger partial charge in [-0.15, -0.1) is 0 Å². The Balaban J connectivity index is 2.21. The van der Waals surface area contributed by atoms with E-state index >= 15 is 0 Å². The third-order valence-corrected chi connectivity index (χ3v) is 2.86. The lowest BCUT2D eigenvalue weighted by Crippen LogP contribution is -2.39. The van der Waals surface area contributed by atoms with E-state index in [1.807, 2.05) is 0 Å². The molecule has 1 unspecified atom stereocenters. The fourth-order valence-corrected chi connectivity index (χ4v) is 1.82. The maximum Gasteiger partial charge on any atom is 0.248 e. The maximum atomic E-state index is 11.6. The number of methoxy groups -OCH3 is 1. The molecule has 0 aromatic carbocycles. The molecule has 0 bridgehead atoms. The molecule has 0 heterocycles. The van der Waals surface area contributed by atoms with E-state index in [0.717, 1.165) is 12.8 Å². The average molecular weight is 243 g/mol. The van der Waals surface area contributed by atoms with Gasteiger partial charge in [-0.05, 0) is 19.8 Å². The van der Waals surface area contributed by atoms with Gasteiger partial charge in [0.1, 0.15) is 11.9 Å². The Morgan fingerprint density at radius 2 is 2.12 bits per heavy atom. The van der Waals surface area contributed by atoms with Gasteiger partial charge in [0.05, 0.1) is 12.7 Å². The van der Waals surface area contributed by atoms with Crippen LogP contribution in [0.3, 0.4) is 0 Å². The van der Waals surface area contributed by atoms with Crippen LogP contribution in [0.5, 0.6) is 0 Å². The number of ketones is 1. The molecule has 17 heavy (non-hydrogen) atoms. The Morgan fingerprint density at radius 3 is 2.71 bits per heavy atom. The predicted octanol–water partition coefficient (Wildman–Crippen LogP) is 0.666. The van der Waals surface area contributed by atoms with Crippen molar-refractivity contribution < 1.29 is 19.1 Å². The minimum atomic E-state index is -0.468. The molecule has 98 valence electrons. The molecule has 0 radical (unpaired) electrons. The molecule has 1 aliphatic carbocycles. The highest BCUT2D eigenvalue weighted by atomic mass is 16.5. The fourth-order valence-electron chi connectivity index (χ4n) is 1.82. The smallest absolute Gasteiger partial charge is 0.248 e. The molecular formula is C12H21NO4. The third-order valence-electron chi connectivity index (χ3n) is 2.86. The normalized spacial score (nSPS) is 19.1. The van der Waals surface area contributed by atoms with Gasteiger partial charge in [-0.3, -0.25) is 9.59 Å². The molecule has 0 aromatic heterocycles. The second kappa shape index (κ2) is 7.40. The number of ether oxygens (including phenoxy) is 2. The summed E-state index contributed by atoms with van der Waals surface area (Å²) in [6, 6.07) is 0. The minimum absolute atomic E-state index is 0.0378. The molecule has 1 amide bonds. The van der Waals surface area contributed by atoms with Gasteiger partial charge in [0, 0.05) is 26.5 Å². The van der Waals surface area contributed by atoms with Gasteiger partial charge in [0.25, 0.3) is 0 Å². The summed E-state index contributed by atoms with van der Waals surface area (Å²) < 4.78 is 10.5. The van der Waals surface area contributed by atoms with Gasteiger partial charge in [0.2, 0.25) is 5.91 Å². The minimum Gasteiger partial charge on any atom is -0.383 e. The van der Waals surface area contributed by atoms with Crippen molar-refractivity contribution >= 4 is 11.7 Å². The lowest BCUT2D eigenvalue weighted by molar-refractivity contribution is -0.138. The molecular weight excluding hydrogens is 222 g/mol. The van der Waals surface area contributed by atoms with Crippen molar-refractivity contribution in [2.75, 3.05) is 20.3 Å². The van der Waals surface area contributed by atoms with Crippen LogP contribution in [0.15, 0.2) is 0 Å². The first kappa shape index (κ1) is 14.1. The highest BCUT2D eigenvalue weighted by Crippen LogP contribution is 2.19. The van der Waals surface area contributed by atoms with E-state index in [4.69, 9.17) is 9.47 Å². The molecule has 0 aromatic rings. The van der Waals surface area contributed by atoms with Crippen LogP contribution in [0.2, 0.25) is 0 Å². The van der Waals surface area contributed by atoms with E-state index in [1.165, 1.54) is 0 Å². The van der Waals surface area contributed by atoms with Crippen molar-refractivity contribution in [2.24, 2.45) is 0 Å². The number of hydrogen-bond acceptors (Lipinski definition) is 4. The summed E-state index contributed by atoms with van der Waals surface area (Å²) in [5.41, 5.74) is 0. The Bertz CT molecular complexity index is 257. The van der Waals surface area contributed by atoms with Gasteiger partial charge >= 0.3 is 0 Å². The molecule has 1 saturated carbocycles. The van der Waals surface area contributed by atoms with E-state index in [1.54, 1.807) is 14.0 Å². The van der Waals surface area contributed by atoms with Crippen molar-refractivity contribution in [2.45, 2.75) is 44.8 Å². The van der Waals surface area contributed by atoms with Gasteiger partial charge in [-0.1, -0.05) is 0 Å². The molecule has 1 rings (SSSR count). The number of carbonyl (C=O) groups excluding carboxylic acids is 2. The van der Waals surface area contributed by atoms with Crippen molar-refractivity contribution in [1.82, 2.24) is 5.32 Å². The zero-order valence-electron chi connectivity index (χ0n) is 10.5. The average Bonchev–Trinajstić information content (AvgIpc) is 2.32. The van der Waals surface area contributed by atoms with Gasteiger partial charge < -0.3 is 14.8 Å². The summed E-state index contributed by atoms with van der Waals surface area (Å²) in [5.74, 6) is 0.168.